The van der Waals surface area contributed by atoms with Crippen LogP contribution >= 0.6 is 23.2 Å². The van der Waals surface area contributed by atoms with Crippen molar-refractivity contribution in [2.45, 2.75) is 19.8 Å². The number of hydrogen-bond donors (Lipinski definition) is 1. The number of rotatable bonds is 3. The van der Waals surface area contributed by atoms with Crippen molar-refractivity contribution in [3.05, 3.63) is 57.6 Å². The molecule has 26 heavy (non-hydrogen) atoms. The third kappa shape index (κ3) is 4.14. The Bertz CT molecular complexity index is 941. The maximum Gasteiger partial charge on any atom is 0.255 e. The van der Waals surface area contributed by atoms with Gasteiger partial charge in [-0.25, -0.2) is 8.42 Å². The second-order valence-electron chi connectivity index (χ2n) is 6.21. The molecule has 1 N–H and O–H groups in total. The Hall–Kier alpha value is -1.76. The molecule has 0 unspecified atom stereocenters. The highest BCUT2D eigenvalue weighted by atomic mass is 35.5. The highest BCUT2D eigenvalue weighted by molar-refractivity contribution is 7.92. The number of carbonyl (C=O) groups excluding carboxylic acids is 1. The summed E-state index contributed by atoms with van der Waals surface area (Å²) in [4.78, 5) is 12.6. The lowest BCUT2D eigenvalue weighted by Crippen LogP contribution is -2.38. The molecule has 8 heteroatoms. The average molecular weight is 413 g/mol. The molecule has 0 spiro atoms. The van der Waals surface area contributed by atoms with E-state index in [0.29, 0.717) is 39.9 Å². The topological polar surface area (TPSA) is 66.5 Å². The standard InChI is InChI=1S/C18H18Cl2N2O3S/c1-12-4-5-13(8-17(12)22-6-2-3-7-26(22,24)25)18(23)21-16-10-14(19)9-15(20)11-16/h4-5,8-11H,2-3,6-7H2,1H3,(H,21,23). The summed E-state index contributed by atoms with van der Waals surface area (Å²) in [6.45, 7) is 2.26. The smallest absolute Gasteiger partial charge is 0.255 e. The molecule has 2 aromatic rings. The highest BCUT2D eigenvalue weighted by Crippen LogP contribution is 2.29. The zero-order valence-electron chi connectivity index (χ0n) is 14.1. The van der Waals surface area contributed by atoms with Crippen LogP contribution in [0.4, 0.5) is 11.4 Å². The van der Waals surface area contributed by atoms with Crippen LogP contribution in [0, 0.1) is 6.92 Å². The molecular formula is C18H18Cl2N2O3S. The Morgan fingerprint density at radius 1 is 1.08 bits per heavy atom. The fourth-order valence-electron chi connectivity index (χ4n) is 2.91. The minimum absolute atomic E-state index is 0.129. The fourth-order valence-corrected chi connectivity index (χ4v) is 5.13. The maximum atomic E-state index is 12.6. The van der Waals surface area contributed by atoms with Crippen molar-refractivity contribution in [2.75, 3.05) is 21.9 Å². The Morgan fingerprint density at radius 3 is 2.42 bits per heavy atom. The van der Waals surface area contributed by atoms with E-state index in [1.54, 1.807) is 36.4 Å². The van der Waals surface area contributed by atoms with Crippen LogP contribution in [0.25, 0.3) is 0 Å². The fraction of sp³-hybridized carbons (Fsp3) is 0.278. The van der Waals surface area contributed by atoms with Gasteiger partial charge in [-0.1, -0.05) is 29.3 Å². The van der Waals surface area contributed by atoms with Gasteiger partial charge in [0.05, 0.1) is 11.4 Å². The first kappa shape index (κ1) is 19.0. The number of nitrogens with one attached hydrogen (secondary N) is 1. The van der Waals surface area contributed by atoms with Crippen molar-refractivity contribution in [3.63, 3.8) is 0 Å². The van der Waals surface area contributed by atoms with Crippen LogP contribution in [0.1, 0.15) is 28.8 Å². The number of aryl methyl sites for hydroxylation is 1. The number of halogens is 2. The molecule has 0 aromatic heterocycles. The summed E-state index contributed by atoms with van der Waals surface area (Å²) in [7, 11) is -3.34. The summed E-state index contributed by atoms with van der Waals surface area (Å²) < 4.78 is 26.2. The van der Waals surface area contributed by atoms with Crippen LogP contribution in [-0.4, -0.2) is 26.6 Å². The monoisotopic (exact) mass is 412 g/mol. The molecule has 2 aromatic carbocycles. The van der Waals surface area contributed by atoms with E-state index in [1.807, 2.05) is 6.92 Å². The van der Waals surface area contributed by atoms with E-state index in [1.165, 1.54) is 4.31 Å². The number of anilines is 2. The second-order valence-corrected chi connectivity index (χ2v) is 9.09. The van der Waals surface area contributed by atoms with Crippen molar-refractivity contribution >= 4 is 50.5 Å². The molecule has 1 saturated heterocycles. The van der Waals surface area contributed by atoms with Gasteiger partial charge in [0.25, 0.3) is 5.91 Å². The lowest BCUT2D eigenvalue weighted by atomic mass is 10.1. The number of hydrogen-bond acceptors (Lipinski definition) is 3. The summed E-state index contributed by atoms with van der Waals surface area (Å²) >= 11 is 11.9. The minimum Gasteiger partial charge on any atom is -0.322 e. The van der Waals surface area contributed by atoms with Crippen LogP contribution in [0.5, 0.6) is 0 Å². The van der Waals surface area contributed by atoms with E-state index < -0.39 is 10.0 Å². The molecule has 1 aliphatic rings. The van der Waals surface area contributed by atoms with Crippen molar-refractivity contribution in [2.24, 2.45) is 0 Å². The van der Waals surface area contributed by atoms with E-state index >= 15 is 0 Å². The van der Waals surface area contributed by atoms with Gasteiger partial charge >= 0.3 is 0 Å². The van der Waals surface area contributed by atoms with Gasteiger partial charge in [0.15, 0.2) is 0 Å². The third-order valence-electron chi connectivity index (χ3n) is 4.21. The minimum atomic E-state index is -3.34. The molecule has 5 nitrogen and oxygen atoms in total. The normalized spacial score (nSPS) is 16.3. The molecule has 0 radical (unpaired) electrons. The number of carbonyl (C=O) groups is 1. The Balaban J connectivity index is 1.90. The number of amides is 1. The lowest BCUT2D eigenvalue weighted by molar-refractivity contribution is 0.102. The van der Waals surface area contributed by atoms with Crippen LogP contribution in [0.15, 0.2) is 36.4 Å². The first-order valence-electron chi connectivity index (χ1n) is 8.15. The van der Waals surface area contributed by atoms with Crippen LogP contribution < -0.4 is 9.62 Å². The zero-order valence-corrected chi connectivity index (χ0v) is 16.5. The third-order valence-corrected chi connectivity index (χ3v) is 6.50. The van der Waals surface area contributed by atoms with Gasteiger partial charge in [-0.05, 0) is 55.7 Å². The average Bonchev–Trinajstić information content (AvgIpc) is 2.54. The van der Waals surface area contributed by atoms with E-state index in [2.05, 4.69) is 5.32 Å². The zero-order chi connectivity index (χ0) is 18.9. The molecule has 1 amide bonds. The number of sulfonamides is 1. The summed E-state index contributed by atoms with van der Waals surface area (Å²) in [6, 6.07) is 9.78. The first-order valence-corrected chi connectivity index (χ1v) is 10.5. The van der Waals surface area contributed by atoms with Gasteiger partial charge < -0.3 is 5.32 Å². The van der Waals surface area contributed by atoms with E-state index in [0.717, 1.165) is 12.0 Å². The summed E-state index contributed by atoms with van der Waals surface area (Å²) in [5, 5.41) is 3.56. The Labute approximate surface area is 163 Å². The van der Waals surface area contributed by atoms with Gasteiger partial charge in [0, 0.05) is 27.8 Å². The molecule has 138 valence electrons. The molecule has 0 atom stereocenters. The van der Waals surface area contributed by atoms with Gasteiger partial charge in [0.1, 0.15) is 0 Å². The maximum absolute atomic E-state index is 12.6. The molecule has 3 rings (SSSR count). The first-order chi connectivity index (χ1) is 12.3. The summed E-state index contributed by atoms with van der Waals surface area (Å²) in [6.07, 6.45) is 1.46. The molecule has 1 aliphatic heterocycles. The van der Waals surface area contributed by atoms with Crippen LogP contribution in [0.2, 0.25) is 10.0 Å². The van der Waals surface area contributed by atoms with Gasteiger partial charge in [-0.2, -0.15) is 0 Å². The highest BCUT2D eigenvalue weighted by Gasteiger charge is 2.27. The molecule has 0 bridgehead atoms. The van der Waals surface area contributed by atoms with Crippen molar-refractivity contribution in [3.8, 4) is 0 Å². The quantitative estimate of drug-likeness (QED) is 0.807. The van der Waals surface area contributed by atoms with Crippen LogP contribution in [0.3, 0.4) is 0 Å². The van der Waals surface area contributed by atoms with Crippen molar-refractivity contribution < 1.29 is 13.2 Å². The van der Waals surface area contributed by atoms with Gasteiger partial charge in [0.2, 0.25) is 10.0 Å². The van der Waals surface area contributed by atoms with Crippen LogP contribution in [-0.2, 0) is 10.0 Å². The Morgan fingerprint density at radius 2 is 1.77 bits per heavy atom. The van der Waals surface area contributed by atoms with Crippen molar-refractivity contribution in [1.82, 2.24) is 0 Å². The largest absolute Gasteiger partial charge is 0.322 e. The van der Waals surface area contributed by atoms with E-state index in [-0.39, 0.29) is 11.7 Å². The second kappa shape index (κ2) is 7.47. The predicted octanol–water partition coefficient (Wildman–Crippen LogP) is 4.48. The van der Waals surface area contributed by atoms with E-state index in [9.17, 15) is 13.2 Å². The summed E-state index contributed by atoms with van der Waals surface area (Å²) in [5.74, 6) is -0.233. The molecule has 0 aliphatic carbocycles. The number of benzene rings is 2. The molecule has 1 fully saturated rings. The predicted molar refractivity (Wildman–Crippen MR) is 106 cm³/mol. The Kier molecular flexibility index (Phi) is 5.46. The van der Waals surface area contributed by atoms with E-state index in [4.69, 9.17) is 23.2 Å². The lowest BCUT2D eigenvalue weighted by Gasteiger charge is -2.29. The number of nitrogens with zero attached hydrogens (tertiary/aromatic N) is 1. The summed E-state index contributed by atoms with van der Waals surface area (Å²) in [5.41, 5.74) is 2.18. The molecular weight excluding hydrogens is 395 g/mol. The molecule has 0 saturated carbocycles. The van der Waals surface area contributed by atoms with Crippen molar-refractivity contribution in [1.29, 1.82) is 0 Å². The van der Waals surface area contributed by atoms with Gasteiger partial charge in [-0.15, -0.1) is 0 Å². The SMILES string of the molecule is Cc1ccc(C(=O)Nc2cc(Cl)cc(Cl)c2)cc1N1CCCCS1(=O)=O. The molecule has 1 heterocycles. The van der Waals surface area contributed by atoms with Gasteiger partial charge in [-0.3, -0.25) is 9.10 Å².